The SMILES string of the molecule is CC1(NC(=O)N(CCC(=O)O)C(C)(C)C)CCS(=O)(=O)C1. The van der Waals surface area contributed by atoms with E-state index in [1.165, 1.54) is 4.90 Å². The van der Waals surface area contributed by atoms with E-state index in [4.69, 9.17) is 5.11 Å². The van der Waals surface area contributed by atoms with Crippen LogP contribution < -0.4 is 5.32 Å². The topological polar surface area (TPSA) is 104 Å². The van der Waals surface area contributed by atoms with Crippen LogP contribution in [0.4, 0.5) is 4.79 Å². The maximum Gasteiger partial charge on any atom is 0.318 e. The van der Waals surface area contributed by atoms with Gasteiger partial charge in [0.2, 0.25) is 0 Å². The summed E-state index contributed by atoms with van der Waals surface area (Å²) >= 11 is 0. The van der Waals surface area contributed by atoms with Gasteiger partial charge in [-0.05, 0) is 34.1 Å². The van der Waals surface area contributed by atoms with Crippen LogP contribution in [0, 0.1) is 0 Å². The molecule has 0 aromatic rings. The first-order chi connectivity index (χ1) is 9.35. The summed E-state index contributed by atoms with van der Waals surface area (Å²) in [6.45, 7) is 7.20. The van der Waals surface area contributed by atoms with E-state index in [2.05, 4.69) is 5.32 Å². The molecule has 0 spiro atoms. The number of carbonyl (C=O) groups excluding carboxylic acids is 1. The molecule has 122 valence electrons. The molecule has 1 saturated heterocycles. The molecule has 1 unspecified atom stereocenters. The lowest BCUT2D eigenvalue weighted by Gasteiger charge is -2.38. The molecule has 0 radical (unpaired) electrons. The van der Waals surface area contributed by atoms with Gasteiger partial charge in [-0.15, -0.1) is 0 Å². The van der Waals surface area contributed by atoms with Crippen molar-refractivity contribution in [3.63, 3.8) is 0 Å². The number of nitrogens with one attached hydrogen (secondary N) is 1. The Labute approximate surface area is 125 Å². The highest BCUT2D eigenvalue weighted by Gasteiger charge is 2.41. The maximum absolute atomic E-state index is 12.4. The Balaban J connectivity index is 2.80. The molecule has 2 amide bonds. The van der Waals surface area contributed by atoms with Crippen molar-refractivity contribution in [3.8, 4) is 0 Å². The third-order valence-corrected chi connectivity index (χ3v) is 5.42. The molecule has 0 saturated carbocycles. The van der Waals surface area contributed by atoms with Crippen molar-refractivity contribution >= 4 is 21.8 Å². The molecule has 1 fully saturated rings. The van der Waals surface area contributed by atoms with Gasteiger partial charge in [0.1, 0.15) is 0 Å². The van der Waals surface area contributed by atoms with Crippen LogP contribution in [0.3, 0.4) is 0 Å². The maximum atomic E-state index is 12.4. The van der Waals surface area contributed by atoms with Crippen molar-refractivity contribution in [2.75, 3.05) is 18.1 Å². The zero-order valence-electron chi connectivity index (χ0n) is 13.0. The lowest BCUT2D eigenvalue weighted by Crippen LogP contribution is -2.57. The van der Waals surface area contributed by atoms with Gasteiger partial charge in [-0.25, -0.2) is 13.2 Å². The monoisotopic (exact) mass is 320 g/mol. The molecule has 0 bridgehead atoms. The molecule has 1 heterocycles. The van der Waals surface area contributed by atoms with E-state index in [1.54, 1.807) is 6.92 Å². The number of carboxylic acid groups (broad SMARTS) is 1. The highest BCUT2D eigenvalue weighted by Crippen LogP contribution is 2.24. The summed E-state index contributed by atoms with van der Waals surface area (Å²) in [5.41, 5.74) is -1.34. The lowest BCUT2D eigenvalue weighted by molar-refractivity contribution is -0.137. The minimum absolute atomic E-state index is 0.0639. The second-order valence-corrected chi connectivity index (χ2v) is 8.98. The third-order valence-electron chi connectivity index (χ3n) is 3.52. The Bertz CT molecular complexity index is 523. The van der Waals surface area contributed by atoms with Gasteiger partial charge in [-0.3, -0.25) is 4.79 Å². The van der Waals surface area contributed by atoms with Gasteiger partial charge < -0.3 is 15.3 Å². The Morgan fingerprint density at radius 1 is 1.33 bits per heavy atom. The highest BCUT2D eigenvalue weighted by atomic mass is 32.2. The molecule has 8 heteroatoms. The zero-order chi connectivity index (χ0) is 16.5. The van der Waals surface area contributed by atoms with Crippen molar-refractivity contribution in [2.24, 2.45) is 0 Å². The van der Waals surface area contributed by atoms with Gasteiger partial charge in [-0.1, -0.05) is 0 Å². The van der Waals surface area contributed by atoms with E-state index in [-0.39, 0.29) is 24.5 Å². The second-order valence-electron chi connectivity index (χ2n) is 6.80. The molecule has 0 aliphatic carbocycles. The van der Waals surface area contributed by atoms with Crippen LogP contribution in [-0.2, 0) is 14.6 Å². The molecule has 1 atom stereocenters. The molecule has 2 N–H and O–H groups in total. The van der Waals surface area contributed by atoms with Crippen molar-refractivity contribution in [3.05, 3.63) is 0 Å². The molecule has 7 nitrogen and oxygen atoms in total. The molecule has 1 aliphatic heterocycles. The van der Waals surface area contributed by atoms with E-state index in [0.717, 1.165) is 0 Å². The second kappa shape index (κ2) is 5.82. The molecule has 0 aromatic carbocycles. The summed E-state index contributed by atoms with van der Waals surface area (Å²) in [5.74, 6) is -0.997. The normalized spacial score (nSPS) is 24.6. The number of amides is 2. The van der Waals surface area contributed by atoms with Gasteiger partial charge in [0.15, 0.2) is 9.84 Å². The fourth-order valence-corrected chi connectivity index (χ4v) is 4.48. The average Bonchev–Trinajstić information content (AvgIpc) is 2.50. The zero-order valence-corrected chi connectivity index (χ0v) is 13.8. The predicted molar refractivity (Wildman–Crippen MR) is 78.9 cm³/mol. The average molecular weight is 320 g/mol. The van der Waals surface area contributed by atoms with Gasteiger partial charge in [0.25, 0.3) is 0 Å². The Kier molecular flexibility index (Phi) is 4.92. The van der Waals surface area contributed by atoms with E-state index in [0.29, 0.717) is 6.42 Å². The van der Waals surface area contributed by atoms with Crippen molar-refractivity contribution in [1.82, 2.24) is 10.2 Å². The summed E-state index contributed by atoms with van der Waals surface area (Å²) in [6.07, 6.45) is 0.220. The first-order valence-electron chi connectivity index (χ1n) is 6.87. The van der Waals surface area contributed by atoms with Gasteiger partial charge in [0, 0.05) is 12.1 Å². The first-order valence-corrected chi connectivity index (χ1v) is 8.69. The minimum atomic E-state index is -3.11. The minimum Gasteiger partial charge on any atom is -0.481 e. The Hall–Kier alpha value is -1.31. The number of carbonyl (C=O) groups is 2. The standard InChI is InChI=1S/C13H24N2O5S/c1-12(2,3)15(7-5-10(16)17)11(18)14-13(4)6-8-21(19,20)9-13/h5-9H2,1-4H3,(H,14,18)(H,16,17). The molecule has 21 heavy (non-hydrogen) atoms. The number of nitrogens with zero attached hydrogens (tertiary/aromatic N) is 1. The van der Waals surface area contributed by atoms with Crippen LogP contribution in [0.5, 0.6) is 0 Å². The fraction of sp³-hybridized carbons (Fsp3) is 0.846. The summed E-state index contributed by atoms with van der Waals surface area (Å²) in [5, 5.41) is 11.5. The summed E-state index contributed by atoms with van der Waals surface area (Å²) in [6, 6.07) is -0.427. The predicted octanol–water partition coefficient (Wildman–Crippen LogP) is 0.848. The number of rotatable bonds is 4. The Morgan fingerprint density at radius 2 is 1.90 bits per heavy atom. The number of urea groups is 1. The molecule has 1 rings (SSSR count). The van der Waals surface area contributed by atoms with Crippen LogP contribution in [0.2, 0.25) is 0 Å². The number of sulfone groups is 1. The highest BCUT2D eigenvalue weighted by molar-refractivity contribution is 7.91. The molecule has 1 aliphatic rings. The summed E-state index contributed by atoms with van der Waals surface area (Å²) in [7, 11) is -3.11. The van der Waals surface area contributed by atoms with Gasteiger partial charge >= 0.3 is 12.0 Å². The van der Waals surface area contributed by atoms with Crippen molar-refractivity contribution in [1.29, 1.82) is 0 Å². The number of hydrogen-bond donors (Lipinski definition) is 2. The summed E-state index contributed by atoms with van der Waals surface area (Å²) in [4.78, 5) is 24.5. The fourth-order valence-electron chi connectivity index (χ4n) is 2.38. The lowest BCUT2D eigenvalue weighted by atomic mass is 10.0. The molecular weight excluding hydrogens is 296 g/mol. The van der Waals surface area contributed by atoms with Gasteiger partial charge in [0.05, 0.1) is 23.5 Å². The van der Waals surface area contributed by atoms with E-state index in [1.807, 2.05) is 20.8 Å². The number of hydrogen-bond acceptors (Lipinski definition) is 4. The van der Waals surface area contributed by atoms with Crippen LogP contribution in [-0.4, -0.2) is 59.6 Å². The Morgan fingerprint density at radius 3 is 2.29 bits per heavy atom. The van der Waals surface area contributed by atoms with E-state index >= 15 is 0 Å². The van der Waals surface area contributed by atoms with Crippen LogP contribution in [0.1, 0.15) is 40.5 Å². The number of aliphatic carboxylic acids is 1. The van der Waals surface area contributed by atoms with Crippen molar-refractivity contribution in [2.45, 2.75) is 51.6 Å². The quantitative estimate of drug-likeness (QED) is 0.799. The van der Waals surface area contributed by atoms with E-state index < -0.39 is 32.9 Å². The molecule has 0 aromatic heterocycles. The van der Waals surface area contributed by atoms with Crippen molar-refractivity contribution < 1.29 is 23.1 Å². The number of carboxylic acids is 1. The smallest absolute Gasteiger partial charge is 0.318 e. The largest absolute Gasteiger partial charge is 0.481 e. The van der Waals surface area contributed by atoms with Crippen LogP contribution in [0.15, 0.2) is 0 Å². The first kappa shape index (κ1) is 17.7. The molecular formula is C13H24N2O5S. The summed E-state index contributed by atoms with van der Waals surface area (Å²) < 4.78 is 23.1. The van der Waals surface area contributed by atoms with Gasteiger partial charge in [-0.2, -0.15) is 0 Å². The third kappa shape index (κ3) is 5.18. The van der Waals surface area contributed by atoms with Crippen LogP contribution in [0.25, 0.3) is 0 Å². The van der Waals surface area contributed by atoms with E-state index in [9.17, 15) is 18.0 Å². The van der Waals surface area contributed by atoms with Crippen LogP contribution >= 0.6 is 0 Å².